The van der Waals surface area contributed by atoms with E-state index in [0.717, 1.165) is 23.3 Å². The molecule has 3 aromatic rings. The van der Waals surface area contributed by atoms with Gasteiger partial charge in [0.2, 0.25) is 5.82 Å². The van der Waals surface area contributed by atoms with Crippen LogP contribution in [0, 0.1) is 5.82 Å². The van der Waals surface area contributed by atoms with Gasteiger partial charge in [0.1, 0.15) is 5.82 Å². The monoisotopic (exact) mass is 452 g/mol. The molecule has 1 unspecified atom stereocenters. The van der Waals surface area contributed by atoms with Crippen molar-refractivity contribution in [1.29, 1.82) is 0 Å². The zero-order chi connectivity index (χ0) is 22.7. The maximum Gasteiger partial charge on any atom is 0.258 e. The van der Waals surface area contributed by atoms with E-state index < -0.39 is 0 Å². The van der Waals surface area contributed by atoms with Crippen LogP contribution >= 0.6 is 12.2 Å². The van der Waals surface area contributed by atoms with Gasteiger partial charge in [0.25, 0.3) is 5.89 Å². The number of thiocarbonyl (C=S) groups is 1. The Morgan fingerprint density at radius 2 is 1.88 bits per heavy atom. The summed E-state index contributed by atoms with van der Waals surface area (Å²) in [4.78, 5) is 6.61. The molecule has 166 valence electrons. The van der Waals surface area contributed by atoms with Gasteiger partial charge in [-0.15, -0.1) is 0 Å². The lowest BCUT2D eigenvalue weighted by Gasteiger charge is -2.37. The van der Waals surface area contributed by atoms with E-state index in [-0.39, 0.29) is 11.9 Å². The summed E-state index contributed by atoms with van der Waals surface area (Å²) in [5.74, 6) is 0.478. The number of hydrogen-bond acceptors (Lipinski definition) is 5. The molecule has 0 fully saturated rings. The van der Waals surface area contributed by atoms with Crippen LogP contribution in [0.5, 0.6) is 0 Å². The second-order valence-electron chi connectivity index (χ2n) is 7.55. The van der Waals surface area contributed by atoms with Crippen LogP contribution in [-0.2, 0) is 11.2 Å². The lowest BCUT2D eigenvalue weighted by molar-refractivity contribution is 0.183. The summed E-state index contributed by atoms with van der Waals surface area (Å²) in [6.45, 7) is 5.24. The fourth-order valence-corrected chi connectivity index (χ4v) is 4.10. The van der Waals surface area contributed by atoms with E-state index in [2.05, 4.69) is 46.6 Å². The van der Waals surface area contributed by atoms with Crippen LogP contribution in [-0.4, -0.2) is 40.4 Å². The van der Waals surface area contributed by atoms with Crippen molar-refractivity contribution >= 4 is 22.9 Å². The fraction of sp³-hybridized carbons (Fsp3) is 0.292. The molecule has 6 nitrogen and oxygen atoms in total. The molecule has 0 saturated carbocycles. The number of nitrogens with one attached hydrogen (secondary N) is 1. The van der Waals surface area contributed by atoms with Gasteiger partial charge < -0.3 is 19.5 Å². The van der Waals surface area contributed by atoms with Crippen molar-refractivity contribution in [3.05, 3.63) is 77.1 Å². The minimum absolute atomic E-state index is 0.242. The SMILES string of the molecule is CCc1ccc(C2NC(=S)N(CCOC)C(C)=C2c2nc(-c3ccc(F)cc3)no2)cc1. The molecule has 32 heavy (non-hydrogen) atoms. The van der Waals surface area contributed by atoms with Crippen LogP contribution in [0.2, 0.25) is 0 Å². The average Bonchev–Trinajstić information content (AvgIpc) is 3.29. The maximum absolute atomic E-state index is 13.3. The highest BCUT2D eigenvalue weighted by Crippen LogP contribution is 2.37. The van der Waals surface area contributed by atoms with E-state index in [0.29, 0.717) is 35.5 Å². The summed E-state index contributed by atoms with van der Waals surface area (Å²) >= 11 is 5.66. The number of methoxy groups -OCH3 is 1. The van der Waals surface area contributed by atoms with E-state index in [9.17, 15) is 4.39 Å². The Bertz CT molecular complexity index is 1130. The van der Waals surface area contributed by atoms with Crippen molar-refractivity contribution in [2.24, 2.45) is 0 Å². The van der Waals surface area contributed by atoms with E-state index in [1.807, 2.05) is 11.8 Å². The Balaban J connectivity index is 1.77. The molecule has 0 amide bonds. The first kappa shape index (κ1) is 22.1. The topological polar surface area (TPSA) is 63.4 Å². The average molecular weight is 453 g/mol. The quantitative estimate of drug-likeness (QED) is 0.519. The third-order valence-corrected chi connectivity index (χ3v) is 5.93. The number of benzene rings is 2. The first-order valence-electron chi connectivity index (χ1n) is 10.5. The van der Waals surface area contributed by atoms with Crippen molar-refractivity contribution in [2.75, 3.05) is 20.3 Å². The summed E-state index contributed by atoms with van der Waals surface area (Å²) in [6.07, 6.45) is 0.966. The molecule has 0 saturated heterocycles. The Kier molecular flexibility index (Phi) is 6.62. The molecule has 0 aliphatic carbocycles. The van der Waals surface area contributed by atoms with E-state index in [1.54, 1.807) is 19.2 Å². The summed E-state index contributed by atoms with van der Waals surface area (Å²) < 4.78 is 24.3. The fourth-order valence-electron chi connectivity index (χ4n) is 3.76. The van der Waals surface area contributed by atoms with Crippen LogP contribution in [0.15, 0.2) is 58.8 Å². The Hall–Kier alpha value is -3.10. The summed E-state index contributed by atoms with van der Waals surface area (Å²) in [5, 5.41) is 8.19. The standard InChI is InChI=1S/C24H25FN4O2S/c1-4-16-5-7-17(8-6-16)21-20(15(2)29(13-14-30-3)24(32)26-21)23-27-22(28-31-23)18-9-11-19(25)12-10-18/h5-12,21H,4,13-14H2,1-3H3,(H,26,32). The highest BCUT2D eigenvalue weighted by Gasteiger charge is 2.33. The third-order valence-electron chi connectivity index (χ3n) is 5.60. The van der Waals surface area contributed by atoms with Crippen molar-refractivity contribution in [3.8, 4) is 11.4 Å². The van der Waals surface area contributed by atoms with E-state index >= 15 is 0 Å². The van der Waals surface area contributed by atoms with Gasteiger partial charge in [-0.1, -0.05) is 36.3 Å². The third kappa shape index (κ3) is 4.42. The molecule has 1 atom stereocenters. The van der Waals surface area contributed by atoms with Gasteiger partial charge in [-0.3, -0.25) is 0 Å². The predicted molar refractivity (Wildman–Crippen MR) is 125 cm³/mol. The minimum atomic E-state index is -0.314. The molecule has 0 spiro atoms. The summed E-state index contributed by atoms with van der Waals surface area (Å²) in [6, 6.07) is 14.2. The molecule has 0 bridgehead atoms. The predicted octanol–water partition coefficient (Wildman–Crippen LogP) is 4.75. The molecule has 2 aromatic carbocycles. The van der Waals surface area contributed by atoms with Crippen LogP contribution in [0.1, 0.15) is 36.9 Å². The molecular formula is C24H25FN4O2S. The van der Waals surface area contributed by atoms with Crippen LogP contribution < -0.4 is 5.32 Å². The number of halogens is 1. The second kappa shape index (κ2) is 9.58. The Morgan fingerprint density at radius 1 is 1.16 bits per heavy atom. The zero-order valence-electron chi connectivity index (χ0n) is 18.3. The number of aromatic nitrogens is 2. The summed E-state index contributed by atoms with van der Waals surface area (Å²) in [5.41, 5.74) is 4.75. The summed E-state index contributed by atoms with van der Waals surface area (Å²) in [7, 11) is 1.66. The molecule has 1 aromatic heterocycles. The van der Waals surface area contributed by atoms with Gasteiger partial charge in [-0.05, 0) is 61.0 Å². The van der Waals surface area contributed by atoms with Gasteiger partial charge in [0.05, 0.1) is 18.2 Å². The largest absolute Gasteiger partial charge is 0.383 e. The van der Waals surface area contributed by atoms with Crippen LogP contribution in [0.4, 0.5) is 4.39 Å². The molecule has 8 heteroatoms. The first-order valence-corrected chi connectivity index (χ1v) is 10.9. The number of allylic oxidation sites excluding steroid dienone is 1. The molecule has 0 radical (unpaired) electrons. The normalized spacial score (nSPS) is 16.4. The number of nitrogens with zero attached hydrogens (tertiary/aromatic N) is 3. The highest BCUT2D eigenvalue weighted by atomic mass is 32.1. The lowest BCUT2D eigenvalue weighted by atomic mass is 9.94. The number of ether oxygens (including phenoxy) is 1. The van der Waals surface area contributed by atoms with Gasteiger partial charge >= 0.3 is 0 Å². The molecule has 1 aliphatic heterocycles. The van der Waals surface area contributed by atoms with Crippen molar-refractivity contribution in [2.45, 2.75) is 26.3 Å². The van der Waals surface area contributed by atoms with Gasteiger partial charge in [-0.2, -0.15) is 4.98 Å². The number of hydrogen-bond donors (Lipinski definition) is 1. The molecular weight excluding hydrogens is 427 g/mol. The van der Waals surface area contributed by atoms with Gasteiger partial charge in [0, 0.05) is 24.9 Å². The van der Waals surface area contributed by atoms with Crippen molar-refractivity contribution in [3.63, 3.8) is 0 Å². The minimum Gasteiger partial charge on any atom is -0.383 e. The molecule has 1 aliphatic rings. The molecule has 2 heterocycles. The van der Waals surface area contributed by atoms with Gasteiger partial charge in [-0.25, -0.2) is 4.39 Å². The zero-order valence-corrected chi connectivity index (χ0v) is 19.1. The van der Waals surface area contributed by atoms with E-state index in [1.165, 1.54) is 17.7 Å². The number of aryl methyl sites for hydroxylation is 1. The van der Waals surface area contributed by atoms with Gasteiger partial charge in [0.15, 0.2) is 5.11 Å². The van der Waals surface area contributed by atoms with Crippen LogP contribution in [0.25, 0.3) is 17.0 Å². The highest BCUT2D eigenvalue weighted by molar-refractivity contribution is 7.80. The molecule has 1 N–H and O–H groups in total. The van der Waals surface area contributed by atoms with Crippen LogP contribution in [0.3, 0.4) is 0 Å². The number of rotatable bonds is 7. The first-order chi connectivity index (χ1) is 15.5. The van der Waals surface area contributed by atoms with Crippen molar-refractivity contribution < 1.29 is 13.7 Å². The van der Waals surface area contributed by atoms with E-state index in [4.69, 9.17) is 21.5 Å². The Labute approximate surface area is 192 Å². The maximum atomic E-state index is 13.3. The smallest absolute Gasteiger partial charge is 0.258 e. The lowest BCUT2D eigenvalue weighted by Crippen LogP contribution is -2.47. The van der Waals surface area contributed by atoms with Crippen molar-refractivity contribution in [1.82, 2.24) is 20.4 Å². The second-order valence-corrected chi connectivity index (χ2v) is 7.94. The molecule has 4 rings (SSSR count). The Morgan fingerprint density at radius 3 is 2.53 bits per heavy atom.